The molecule has 0 fully saturated rings. The Bertz CT molecular complexity index is 861. The number of benzene rings is 2. The molecule has 0 aliphatic heterocycles. The average molecular weight is 342 g/mol. The van der Waals surface area contributed by atoms with Gasteiger partial charge in [0.05, 0.1) is 15.8 Å². The maximum absolute atomic E-state index is 12.5. The number of pyridine rings is 1. The fourth-order valence-electron chi connectivity index (χ4n) is 2.46. The number of Topliss-reactive ketones (excluding diaryl/α,β-unsaturated/α-hetero) is 1. The number of aryl methyl sites for hydroxylation is 1. The summed E-state index contributed by atoms with van der Waals surface area (Å²) in [6.07, 6.45) is 0. The summed E-state index contributed by atoms with van der Waals surface area (Å²) in [6.45, 7) is 3.98. The first kappa shape index (κ1) is 16.0. The van der Waals surface area contributed by atoms with Crippen molar-refractivity contribution in [1.82, 2.24) is 4.98 Å². The molecule has 116 valence electrons. The van der Waals surface area contributed by atoms with Crippen molar-refractivity contribution in [1.29, 1.82) is 0 Å². The van der Waals surface area contributed by atoms with Gasteiger partial charge in [-0.25, -0.2) is 4.98 Å². The van der Waals surface area contributed by atoms with E-state index in [1.54, 1.807) is 24.3 Å². The van der Waals surface area contributed by atoms with Gasteiger partial charge in [-0.05, 0) is 55.8 Å². The van der Waals surface area contributed by atoms with Gasteiger partial charge in [-0.2, -0.15) is 0 Å². The van der Waals surface area contributed by atoms with Crippen molar-refractivity contribution in [2.75, 3.05) is 0 Å². The molecule has 0 spiro atoms. The third-order valence-electron chi connectivity index (χ3n) is 3.70. The topological polar surface area (TPSA) is 30.0 Å². The van der Waals surface area contributed by atoms with Crippen LogP contribution >= 0.6 is 23.4 Å². The lowest BCUT2D eigenvalue weighted by atomic mass is 10.1. The Morgan fingerprint density at radius 3 is 2.57 bits per heavy atom. The second-order valence-corrected chi connectivity index (χ2v) is 7.22. The molecule has 0 aliphatic rings. The largest absolute Gasteiger partial charge is 0.293 e. The number of nitrogens with zero attached hydrogens (tertiary/aromatic N) is 1. The summed E-state index contributed by atoms with van der Waals surface area (Å²) in [5, 5.41) is 2.45. The molecule has 1 atom stereocenters. The van der Waals surface area contributed by atoms with Crippen molar-refractivity contribution in [3.05, 3.63) is 70.7 Å². The van der Waals surface area contributed by atoms with E-state index in [4.69, 9.17) is 11.6 Å². The number of carbonyl (C=O) groups is 1. The van der Waals surface area contributed by atoms with Crippen molar-refractivity contribution in [2.24, 2.45) is 0 Å². The normalized spacial score (nSPS) is 12.3. The van der Waals surface area contributed by atoms with Crippen LogP contribution < -0.4 is 0 Å². The van der Waals surface area contributed by atoms with E-state index in [2.05, 4.69) is 18.0 Å². The third kappa shape index (κ3) is 3.57. The number of halogens is 1. The van der Waals surface area contributed by atoms with E-state index in [0.717, 1.165) is 15.9 Å². The molecule has 0 radical (unpaired) electrons. The molecule has 1 aromatic heterocycles. The van der Waals surface area contributed by atoms with Crippen molar-refractivity contribution < 1.29 is 4.79 Å². The van der Waals surface area contributed by atoms with E-state index in [1.807, 2.05) is 31.2 Å². The maximum atomic E-state index is 12.5. The summed E-state index contributed by atoms with van der Waals surface area (Å²) < 4.78 is 0. The first-order chi connectivity index (χ1) is 11.0. The molecule has 0 N–H and O–H groups in total. The second kappa shape index (κ2) is 6.73. The van der Waals surface area contributed by atoms with Gasteiger partial charge in [-0.15, -0.1) is 0 Å². The number of carbonyl (C=O) groups excluding carboxylic acids is 1. The van der Waals surface area contributed by atoms with Crippen LogP contribution in [0.15, 0.2) is 59.6 Å². The molecule has 0 bridgehead atoms. The smallest absolute Gasteiger partial charge is 0.175 e. The Kier molecular flexibility index (Phi) is 4.69. The van der Waals surface area contributed by atoms with Crippen LogP contribution in [0.1, 0.15) is 22.8 Å². The van der Waals surface area contributed by atoms with E-state index in [0.29, 0.717) is 10.6 Å². The highest BCUT2D eigenvalue weighted by Crippen LogP contribution is 2.28. The fraction of sp³-hybridized carbons (Fsp3) is 0.158. The van der Waals surface area contributed by atoms with Crippen LogP contribution in [-0.2, 0) is 0 Å². The standard InChI is InChI=1S/C19H16ClNOS/c1-12-11-18(21-17-6-4-3-5-16(12)17)23-13(2)19(22)14-7-9-15(20)10-8-14/h3-11,13H,1-2H3/t13-/m0/s1. The molecule has 1 heterocycles. The Balaban J connectivity index is 1.83. The van der Waals surface area contributed by atoms with Gasteiger partial charge in [0.1, 0.15) is 0 Å². The number of hydrogen-bond acceptors (Lipinski definition) is 3. The molecule has 2 nitrogen and oxygen atoms in total. The minimum Gasteiger partial charge on any atom is -0.293 e. The van der Waals surface area contributed by atoms with Crippen LogP contribution in [0, 0.1) is 6.92 Å². The molecule has 23 heavy (non-hydrogen) atoms. The van der Waals surface area contributed by atoms with E-state index >= 15 is 0 Å². The minimum absolute atomic E-state index is 0.0827. The van der Waals surface area contributed by atoms with Crippen molar-refractivity contribution in [3.8, 4) is 0 Å². The first-order valence-electron chi connectivity index (χ1n) is 7.37. The highest BCUT2D eigenvalue weighted by molar-refractivity contribution is 8.00. The van der Waals surface area contributed by atoms with Gasteiger partial charge in [0, 0.05) is 16.0 Å². The lowest BCUT2D eigenvalue weighted by Crippen LogP contribution is -2.13. The van der Waals surface area contributed by atoms with Crippen LogP contribution in [0.3, 0.4) is 0 Å². The zero-order valence-corrected chi connectivity index (χ0v) is 14.5. The van der Waals surface area contributed by atoms with Crippen LogP contribution in [0.4, 0.5) is 0 Å². The molecule has 2 aromatic carbocycles. The van der Waals surface area contributed by atoms with Gasteiger partial charge in [0.15, 0.2) is 5.78 Å². The average Bonchev–Trinajstić information content (AvgIpc) is 2.55. The van der Waals surface area contributed by atoms with Gasteiger partial charge >= 0.3 is 0 Å². The summed E-state index contributed by atoms with van der Waals surface area (Å²) in [5.74, 6) is 0.0827. The van der Waals surface area contributed by atoms with Gasteiger partial charge in [-0.3, -0.25) is 4.79 Å². The number of aromatic nitrogens is 1. The molecular formula is C19H16ClNOS. The predicted octanol–water partition coefficient (Wildman–Crippen LogP) is 5.56. The minimum atomic E-state index is -0.204. The number of para-hydroxylation sites is 1. The highest BCUT2D eigenvalue weighted by atomic mass is 35.5. The van der Waals surface area contributed by atoms with Crippen molar-refractivity contribution in [2.45, 2.75) is 24.1 Å². The Morgan fingerprint density at radius 1 is 1.13 bits per heavy atom. The monoisotopic (exact) mass is 341 g/mol. The van der Waals surface area contributed by atoms with Gasteiger partial charge < -0.3 is 0 Å². The maximum Gasteiger partial charge on any atom is 0.175 e. The van der Waals surface area contributed by atoms with Gasteiger partial charge in [-0.1, -0.05) is 41.6 Å². The number of fused-ring (bicyclic) bond motifs is 1. The summed E-state index contributed by atoms with van der Waals surface area (Å²) in [7, 11) is 0. The van der Waals surface area contributed by atoms with Crippen LogP contribution in [-0.4, -0.2) is 16.0 Å². The summed E-state index contributed by atoms with van der Waals surface area (Å²) in [6, 6.07) is 17.1. The number of rotatable bonds is 4. The predicted molar refractivity (Wildman–Crippen MR) is 97.6 cm³/mol. The summed E-state index contributed by atoms with van der Waals surface area (Å²) in [4.78, 5) is 17.2. The van der Waals surface area contributed by atoms with Crippen LogP contribution in [0.5, 0.6) is 0 Å². The van der Waals surface area contributed by atoms with E-state index in [1.165, 1.54) is 17.3 Å². The molecule has 3 rings (SSSR count). The Morgan fingerprint density at radius 2 is 1.83 bits per heavy atom. The van der Waals surface area contributed by atoms with Crippen LogP contribution in [0.25, 0.3) is 10.9 Å². The summed E-state index contributed by atoms with van der Waals surface area (Å²) in [5.41, 5.74) is 2.80. The number of ketones is 1. The lowest BCUT2D eigenvalue weighted by molar-refractivity contribution is 0.0994. The first-order valence-corrected chi connectivity index (χ1v) is 8.63. The zero-order valence-electron chi connectivity index (χ0n) is 12.9. The molecular weight excluding hydrogens is 326 g/mol. The van der Waals surface area contributed by atoms with E-state index in [-0.39, 0.29) is 11.0 Å². The van der Waals surface area contributed by atoms with E-state index in [9.17, 15) is 4.79 Å². The lowest BCUT2D eigenvalue weighted by Gasteiger charge is -2.11. The molecule has 0 unspecified atom stereocenters. The molecule has 0 saturated heterocycles. The number of hydrogen-bond donors (Lipinski definition) is 0. The second-order valence-electron chi connectivity index (χ2n) is 5.43. The molecule has 3 aromatic rings. The molecule has 0 aliphatic carbocycles. The molecule has 0 saturated carbocycles. The Hall–Kier alpha value is -1.84. The third-order valence-corrected chi connectivity index (χ3v) is 4.97. The zero-order chi connectivity index (χ0) is 16.4. The van der Waals surface area contributed by atoms with Gasteiger partial charge in [0.25, 0.3) is 0 Å². The fourth-order valence-corrected chi connectivity index (χ4v) is 3.59. The van der Waals surface area contributed by atoms with Gasteiger partial charge in [0.2, 0.25) is 0 Å². The Labute approximate surface area is 144 Å². The van der Waals surface area contributed by atoms with Crippen molar-refractivity contribution in [3.63, 3.8) is 0 Å². The van der Waals surface area contributed by atoms with Crippen LogP contribution in [0.2, 0.25) is 5.02 Å². The highest BCUT2D eigenvalue weighted by Gasteiger charge is 2.17. The quantitative estimate of drug-likeness (QED) is 0.459. The SMILES string of the molecule is Cc1cc(S[C@@H](C)C(=O)c2ccc(Cl)cc2)nc2ccccc12. The molecule has 4 heteroatoms. The van der Waals surface area contributed by atoms with E-state index < -0.39 is 0 Å². The summed E-state index contributed by atoms with van der Waals surface area (Å²) >= 11 is 7.36. The van der Waals surface area contributed by atoms with Crippen molar-refractivity contribution >= 4 is 40.0 Å². The molecule has 0 amide bonds. The number of thioether (sulfide) groups is 1.